The molecular formula is C60H110. The van der Waals surface area contributed by atoms with Crippen molar-refractivity contribution in [3.63, 3.8) is 0 Å². The Bertz CT molecular complexity index is 1530. The normalized spacial score (nSPS) is 12.7. The zero-order chi connectivity index (χ0) is 49.1. The first-order valence-corrected chi connectivity index (χ1v) is 24.0. The number of rotatable bonds is 1. The third-order valence-electron chi connectivity index (χ3n) is 10.5. The summed E-state index contributed by atoms with van der Waals surface area (Å²) >= 11 is 0. The average Bonchev–Trinajstić information content (AvgIpc) is 3.10. The van der Waals surface area contributed by atoms with Crippen LogP contribution in [-0.4, -0.2) is 0 Å². The highest BCUT2D eigenvalue weighted by Crippen LogP contribution is 2.39. The monoisotopic (exact) mass is 831 g/mol. The lowest BCUT2D eigenvalue weighted by atomic mass is 9.73. The molecular weight excluding hydrogens is 721 g/mol. The first-order valence-electron chi connectivity index (χ1n) is 24.0. The first kappa shape index (κ1) is 64.3. The van der Waals surface area contributed by atoms with Crippen LogP contribution in [0, 0.1) is 21.7 Å². The smallest absolute Gasteiger partial charge is 0.0123 e. The first-order chi connectivity index (χ1) is 26.7. The summed E-state index contributed by atoms with van der Waals surface area (Å²) in [6.45, 7) is 71.5. The molecule has 3 aromatic rings. The summed E-state index contributed by atoms with van der Waals surface area (Å²) < 4.78 is 0. The zero-order valence-corrected chi connectivity index (χ0v) is 47.2. The molecule has 0 aliphatic carbocycles. The van der Waals surface area contributed by atoms with Gasteiger partial charge in [0.15, 0.2) is 0 Å². The summed E-state index contributed by atoms with van der Waals surface area (Å²) in [5.74, 6) is 0. The van der Waals surface area contributed by atoms with Crippen LogP contribution in [-0.2, 0) is 21.7 Å². The summed E-state index contributed by atoms with van der Waals surface area (Å²) in [6, 6.07) is 22.1. The van der Waals surface area contributed by atoms with Gasteiger partial charge in [-0.3, -0.25) is 0 Å². The minimum atomic E-state index is 0.170. The average molecular weight is 832 g/mol. The lowest BCUT2D eigenvalue weighted by Gasteiger charge is -2.31. The van der Waals surface area contributed by atoms with Gasteiger partial charge in [-0.2, -0.15) is 0 Å². The molecule has 3 rings (SSSR count). The molecule has 0 spiro atoms. The van der Waals surface area contributed by atoms with Crippen LogP contribution >= 0.6 is 0 Å². The van der Waals surface area contributed by atoms with Gasteiger partial charge in [0.1, 0.15) is 0 Å². The van der Waals surface area contributed by atoms with Crippen molar-refractivity contribution in [2.75, 3.05) is 0 Å². The molecule has 0 fully saturated rings. The lowest BCUT2D eigenvalue weighted by molar-refractivity contribution is 0.275. The second-order valence-corrected chi connectivity index (χ2v) is 24.6. The lowest BCUT2D eigenvalue weighted by Crippen LogP contribution is -2.22. The molecule has 0 heteroatoms. The van der Waals surface area contributed by atoms with E-state index in [4.69, 9.17) is 0 Å². The van der Waals surface area contributed by atoms with Gasteiger partial charge in [0.2, 0.25) is 0 Å². The maximum atomic E-state index is 2.31. The van der Waals surface area contributed by atoms with Gasteiger partial charge in [0.25, 0.3) is 0 Å². The van der Waals surface area contributed by atoms with Gasteiger partial charge in [0, 0.05) is 0 Å². The molecule has 0 aromatic heterocycles. The van der Waals surface area contributed by atoms with Crippen LogP contribution in [0.2, 0.25) is 0 Å². The third kappa shape index (κ3) is 26.2. The second kappa shape index (κ2) is 26.3. The maximum absolute atomic E-state index is 2.31. The Hall–Kier alpha value is -2.34. The summed E-state index contributed by atoms with van der Waals surface area (Å²) in [7, 11) is 0. The van der Waals surface area contributed by atoms with Gasteiger partial charge in [0.05, 0.1) is 0 Å². The van der Waals surface area contributed by atoms with E-state index < -0.39 is 0 Å². The Morgan fingerprint density at radius 2 is 0.617 bits per heavy atom. The van der Waals surface area contributed by atoms with Crippen molar-refractivity contribution in [2.24, 2.45) is 21.7 Å². The Morgan fingerprint density at radius 1 is 0.333 bits per heavy atom. The van der Waals surface area contributed by atoms with Crippen molar-refractivity contribution < 1.29 is 0 Å². The highest BCUT2D eigenvalue weighted by atomic mass is 14.3. The minimum absolute atomic E-state index is 0.170. The van der Waals surface area contributed by atoms with Crippen molar-refractivity contribution in [3.8, 4) is 0 Å². The van der Waals surface area contributed by atoms with Crippen LogP contribution in [0.15, 0.2) is 71.8 Å². The SMILES string of the molecule is C/C(=C(\C)C(C)(C)C)C(C)(C)C.CC.CC.CC.CC(C)(C)CCC(C)(C)C.CC(C)(C)c1ccc2ccccc2c1C(C)(C)C.CC(C)(C)c1ccccc1C(C)(C)C. The molecule has 0 atom stereocenters. The number of benzene rings is 3. The summed E-state index contributed by atoms with van der Waals surface area (Å²) in [5, 5.41) is 2.74. The van der Waals surface area contributed by atoms with Gasteiger partial charge in [-0.15, -0.1) is 0 Å². The standard InChI is InChI=1S/C18H24.C14H22.C12H24.C10H22.3C2H6/c1-17(2,3)15-12-11-13-9-7-8-10-14(13)16(15)18(4,5)6;1-13(2,3)11-9-7-8-10-12(11)14(4,5)6;1-9(11(3,4)5)10(2)12(6,7)8;1-9(2,3)7-8-10(4,5)6;3*1-2/h7-12H,1-6H3;7-10H,1-6H3;1-8H3;7-8H2,1-6H3;3*1-2H3/b;;10-9-;;;;. The molecule has 60 heavy (non-hydrogen) atoms. The topological polar surface area (TPSA) is 0 Å². The molecule has 0 N–H and O–H groups in total. The van der Waals surface area contributed by atoms with Crippen molar-refractivity contribution in [1.29, 1.82) is 0 Å². The molecule has 0 aliphatic heterocycles. The minimum Gasteiger partial charge on any atom is -0.0685 e. The fraction of sp³-hybridized carbons (Fsp3) is 0.700. The van der Waals surface area contributed by atoms with Crippen LogP contribution in [0.3, 0.4) is 0 Å². The van der Waals surface area contributed by atoms with Crippen LogP contribution in [0.5, 0.6) is 0 Å². The Balaban J connectivity index is -0.000000341. The molecule has 0 saturated heterocycles. The number of allylic oxidation sites excluding steroid dienone is 2. The largest absolute Gasteiger partial charge is 0.0685 e. The van der Waals surface area contributed by atoms with Gasteiger partial charge in [-0.25, -0.2) is 0 Å². The molecule has 0 radical (unpaired) electrons. The van der Waals surface area contributed by atoms with Crippen LogP contribution in [0.1, 0.15) is 257 Å². The van der Waals surface area contributed by atoms with Crippen LogP contribution < -0.4 is 0 Å². The van der Waals surface area contributed by atoms with E-state index in [0.29, 0.717) is 21.7 Å². The zero-order valence-electron chi connectivity index (χ0n) is 47.2. The quantitative estimate of drug-likeness (QED) is 0.214. The number of fused-ring (bicyclic) bond motifs is 1. The number of hydrogen-bond acceptors (Lipinski definition) is 0. The van der Waals surface area contributed by atoms with E-state index in [1.54, 1.807) is 0 Å². The van der Waals surface area contributed by atoms with E-state index in [2.05, 4.69) is 241 Å². The van der Waals surface area contributed by atoms with Crippen molar-refractivity contribution in [3.05, 3.63) is 94.1 Å². The Kier molecular flexibility index (Phi) is 28.2. The third-order valence-corrected chi connectivity index (χ3v) is 10.5. The molecule has 350 valence electrons. The number of hydrogen-bond donors (Lipinski definition) is 0. The van der Waals surface area contributed by atoms with Gasteiger partial charge in [-0.1, -0.05) is 280 Å². The van der Waals surface area contributed by atoms with E-state index >= 15 is 0 Å². The molecule has 0 amide bonds. The Labute approximate surface area is 381 Å². The molecule has 0 bridgehead atoms. The maximum Gasteiger partial charge on any atom is -0.0123 e. The van der Waals surface area contributed by atoms with Crippen LogP contribution in [0.4, 0.5) is 0 Å². The van der Waals surface area contributed by atoms with E-state index in [0.717, 1.165) is 0 Å². The Morgan fingerprint density at radius 3 is 0.867 bits per heavy atom. The van der Waals surface area contributed by atoms with Crippen molar-refractivity contribution in [2.45, 2.75) is 256 Å². The second-order valence-electron chi connectivity index (χ2n) is 24.6. The fourth-order valence-electron chi connectivity index (χ4n) is 6.37. The highest BCUT2D eigenvalue weighted by Gasteiger charge is 2.27. The fourth-order valence-corrected chi connectivity index (χ4v) is 6.37. The van der Waals surface area contributed by atoms with Gasteiger partial charge in [-0.05, 0) is 103 Å². The molecule has 0 saturated carbocycles. The van der Waals surface area contributed by atoms with E-state index in [1.807, 2.05) is 41.5 Å². The van der Waals surface area contributed by atoms with Crippen molar-refractivity contribution >= 4 is 10.8 Å². The predicted molar refractivity (Wildman–Crippen MR) is 285 cm³/mol. The summed E-state index contributed by atoms with van der Waals surface area (Å²) in [6.07, 6.45) is 2.66. The van der Waals surface area contributed by atoms with E-state index in [9.17, 15) is 0 Å². The molecule has 0 aliphatic rings. The molecule has 3 aromatic carbocycles. The summed E-state index contributed by atoms with van der Waals surface area (Å²) in [4.78, 5) is 0. The highest BCUT2D eigenvalue weighted by molar-refractivity contribution is 5.88. The predicted octanol–water partition coefficient (Wildman–Crippen LogP) is 21.1. The van der Waals surface area contributed by atoms with Crippen molar-refractivity contribution in [1.82, 2.24) is 0 Å². The molecule has 0 heterocycles. The molecule has 0 nitrogen and oxygen atoms in total. The van der Waals surface area contributed by atoms with Crippen LogP contribution in [0.25, 0.3) is 10.8 Å². The summed E-state index contributed by atoms with van der Waals surface area (Å²) in [5.41, 5.74) is 11.4. The van der Waals surface area contributed by atoms with Gasteiger partial charge < -0.3 is 0 Å². The van der Waals surface area contributed by atoms with E-state index in [1.165, 1.54) is 57.0 Å². The van der Waals surface area contributed by atoms with E-state index in [-0.39, 0.29) is 21.7 Å². The molecule has 0 unspecified atom stereocenters. The van der Waals surface area contributed by atoms with Gasteiger partial charge >= 0.3 is 0 Å².